The Morgan fingerprint density at radius 3 is 2.80 bits per heavy atom. The number of hydrogen-bond acceptors (Lipinski definition) is 4. The summed E-state index contributed by atoms with van der Waals surface area (Å²) in [6.07, 6.45) is 5.44. The van der Waals surface area contributed by atoms with Crippen LogP contribution in [0.4, 0.5) is 0 Å². The highest BCUT2D eigenvalue weighted by molar-refractivity contribution is 5.89. The number of carbonyl (C=O) groups is 1. The smallest absolute Gasteiger partial charge is 0.338 e. The van der Waals surface area contributed by atoms with Crippen molar-refractivity contribution in [1.29, 1.82) is 0 Å². The second kappa shape index (κ2) is 7.22. The van der Waals surface area contributed by atoms with E-state index in [1.165, 1.54) is 5.56 Å². The first-order chi connectivity index (χ1) is 9.74. The van der Waals surface area contributed by atoms with Gasteiger partial charge in [0.25, 0.3) is 0 Å². The SMILES string of the molecule is CCOC(=O)c1ccc(CN2CCC=CC2CN)cc1. The monoisotopic (exact) mass is 274 g/mol. The molecule has 0 aliphatic carbocycles. The Bertz CT molecular complexity index is 468. The van der Waals surface area contributed by atoms with Gasteiger partial charge in [0.05, 0.1) is 12.2 Å². The van der Waals surface area contributed by atoms with Crippen molar-refractivity contribution in [2.45, 2.75) is 25.9 Å². The van der Waals surface area contributed by atoms with E-state index in [0.717, 1.165) is 19.5 Å². The molecule has 0 radical (unpaired) electrons. The molecule has 20 heavy (non-hydrogen) atoms. The third-order valence-electron chi connectivity index (χ3n) is 3.50. The number of esters is 1. The summed E-state index contributed by atoms with van der Waals surface area (Å²) in [5.41, 5.74) is 7.58. The molecule has 2 N–H and O–H groups in total. The Morgan fingerprint density at radius 2 is 2.15 bits per heavy atom. The second-order valence-electron chi connectivity index (χ2n) is 4.91. The Morgan fingerprint density at radius 1 is 1.40 bits per heavy atom. The molecule has 108 valence electrons. The van der Waals surface area contributed by atoms with Gasteiger partial charge in [-0.2, -0.15) is 0 Å². The van der Waals surface area contributed by atoms with Gasteiger partial charge in [0.1, 0.15) is 0 Å². The number of rotatable bonds is 5. The summed E-state index contributed by atoms with van der Waals surface area (Å²) in [5, 5.41) is 0. The maximum absolute atomic E-state index is 11.6. The highest BCUT2D eigenvalue weighted by Gasteiger charge is 2.17. The largest absolute Gasteiger partial charge is 0.462 e. The maximum Gasteiger partial charge on any atom is 0.338 e. The molecule has 0 saturated heterocycles. The van der Waals surface area contributed by atoms with Crippen LogP contribution in [0.3, 0.4) is 0 Å². The number of nitrogens with two attached hydrogens (primary N) is 1. The molecule has 1 aromatic carbocycles. The van der Waals surface area contributed by atoms with Crippen LogP contribution in [0.15, 0.2) is 36.4 Å². The maximum atomic E-state index is 11.6. The van der Waals surface area contributed by atoms with E-state index in [9.17, 15) is 4.79 Å². The summed E-state index contributed by atoms with van der Waals surface area (Å²) in [6, 6.07) is 7.93. The summed E-state index contributed by atoms with van der Waals surface area (Å²) < 4.78 is 4.98. The quantitative estimate of drug-likeness (QED) is 0.658. The van der Waals surface area contributed by atoms with E-state index in [2.05, 4.69) is 17.1 Å². The van der Waals surface area contributed by atoms with Crippen LogP contribution in [-0.4, -0.2) is 36.6 Å². The Hall–Kier alpha value is -1.65. The van der Waals surface area contributed by atoms with E-state index in [1.54, 1.807) is 0 Å². The lowest BCUT2D eigenvalue weighted by molar-refractivity contribution is 0.0526. The van der Waals surface area contributed by atoms with Gasteiger partial charge in [-0.05, 0) is 31.0 Å². The number of benzene rings is 1. The van der Waals surface area contributed by atoms with E-state index in [-0.39, 0.29) is 5.97 Å². The van der Waals surface area contributed by atoms with Crippen molar-refractivity contribution in [3.8, 4) is 0 Å². The van der Waals surface area contributed by atoms with Gasteiger partial charge in [-0.25, -0.2) is 4.79 Å². The molecule has 4 nitrogen and oxygen atoms in total. The van der Waals surface area contributed by atoms with Gasteiger partial charge in [0, 0.05) is 25.7 Å². The van der Waals surface area contributed by atoms with Crippen molar-refractivity contribution >= 4 is 5.97 Å². The van der Waals surface area contributed by atoms with E-state index in [0.29, 0.717) is 24.8 Å². The summed E-state index contributed by atoms with van der Waals surface area (Å²) in [5.74, 6) is -0.264. The summed E-state index contributed by atoms with van der Waals surface area (Å²) in [6.45, 7) is 4.73. The zero-order valence-corrected chi connectivity index (χ0v) is 11.9. The molecule has 4 heteroatoms. The number of carbonyl (C=O) groups excluding carboxylic acids is 1. The van der Waals surface area contributed by atoms with Crippen molar-refractivity contribution in [2.24, 2.45) is 5.73 Å². The predicted octanol–water partition coefficient (Wildman–Crippen LogP) is 1.95. The van der Waals surface area contributed by atoms with Crippen LogP contribution in [0.1, 0.15) is 29.3 Å². The fourth-order valence-corrected chi connectivity index (χ4v) is 2.40. The van der Waals surface area contributed by atoms with E-state index < -0.39 is 0 Å². The van der Waals surface area contributed by atoms with Crippen LogP contribution in [0.25, 0.3) is 0 Å². The first kappa shape index (κ1) is 14.8. The molecule has 1 aliphatic rings. The lowest BCUT2D eigenvalue weighted by atomic mass is 10.1. The summed E-state index contributed by atoms with van der Waals surface area (Å²) in [4.78, 5) is 13.9. The van der Waals surface area contributed by atoms with Crippen molar-refractivity contribution < 1.29 is 9.53 Å². The molecule has 0 fully saturated rings. The van der Waals surface area contributed by atoms with Crippen LogP contribution in [0.2, 0.25) is 0 Å². The summed E-state index contributed by atoms with van der Waals surface area (Å²) in [7, 11) is 0. The van der Waals surface area contributed by atoms with E-state index in [4.69, 9.17) is 10.5 Å². The first-order valence-electron chi connectivity index (χ1n) is 7.11. The number of ether oxygens (including phenoxy) is 1. The molecule has 0 saturated carbocycles. The van der Waals surface area contributed by atoms with Crippen LogP contribution in [0, 0.1) is 0 Å². The molecular weight excluding hydrogens is 252 g/mol. The van der Waals surface area contributed by atoms with Crippen LogP contribution < -0.4 is 5.73 Å². The minimum absolute atomic E-state index is 0.264. The molecule has 1 aromatic rings. The van der Waals surface area contributed by atoms with Gasteiger partial charge in [-0.15, -0.1) is 0 Å². The number of nitrogens with zero attached hydrogens (tertiary/aromatic N) is 1. The molecule has 1 atom stereocenters. The Balaban J connectivity index is 2.00. The molecule has 0 spiro atoms. The van der Waals surface area contributed by atoms with Gasteiger partial charge in [0.2, 0.25) is 0 Å². The zero-order valence-electron chi connectivity index (χ0n) is 11.9. The van der Waals surface area contributed by atoms with Crippen LogP contribution in [-0.2, 0) is 11.3 Å². The average Bonchev–Trinajstić information content (AvgIpc) is 2.49. The van der Waals surface area contributed by atoms with E-state index >= 15 is 0 Å². The average molecular weight is 274 g/mol. The highest BCUT2D eigenvalue weighted by Crippen LogP contribution is 2.15. The van der Waals surface area contributed by atoms with Crippen molar-refractivity contribution in [2.75, 3.05) is 19.7 Å². The first-order valence-corrected chi connectivity index (χ1v) is 7.11. The third kappa shape index (κ3) is 3.68. The highest BCUT2D eigenvalue weighted by atomic mass is 16.5. The minimum atomic E-state index is -0.264. The number of hydrogen-bond donors (Lipinski definition) is 1. The molecular formula is C16H22N2O2. The molecule has 2 rings (SSSR count). The lowest BCUT2D eigenvalue weighted by Crippen LogP contribution is -2.41. The minimum Gasteiger partial charge on any atom is -0.462 e. The fraction of sp³-hybridized carbons (Fsp3) is 0.438. The van der Waals surface area contributed by atoms with Crippen LogP contribution >= 0.6 is 0 Å². The lowest BCUT2D eigenvalue weighted by Gasteiger charge is -2.31. The van der Waals surface area contributed by atoms with Gasteiger partial charge >= 0.3 is 5.97 Å². The fourth-order valence-electron chi connectivity index (χ4n) is 2.40. The third-order valence-corrected chi connectivity index (χ3v) is 3.50. The van der Waals surface area contributed by atoms with Crippen molar-refractivity contribution in [3.05, 3.63) is 47.5 Å². The molecule has 1 heterocycles. The Kier molecular flexibility index (Phi) is 5.32. The summed E-state index contributed by atoms with van der Waals surface area (Å²) >= 11 is 0. The topological polar surface area (TPSA) is 55.6 Å². The normalized spacial score (nSPS) is 19.0. The second-order valence-corrected chi connectivity index (χ2v) is 4.91. The van der Waals surface area contributed by atoms with Crippen LogP contribution in [0.5, 0.6) is 0 Å². The van der Waals surface area contributed by atoms with E-state index in [1.807, 2.05) is 31.2 Å². The Labute approximate surface area is 120 Å². The van der Waals surface area contributed by atoms with Gasteiger partial charge < -0.3 is 10.5 Å². The molecule has 0 bridgehead atoms. The van der Waals surface area contributed by atoms with Crippen molar-refractivity contribution in [3.63, 3.8) is 0 Å². The van der Waals surface area contributed by atoms with Crippen molar-refractivity contribution in [1.82, 2.24) is 4.90 Å². The standard InChI is InChI=1S/C16H22N2O2/c1-2-20-16(19)14-8-6-13(7-9-14)12-18-10-4-3-5-15(18)11-17/h3,5-9,15H,2,4,10-12,17H2,1H3. The van der Waals surface area contributed by atoms with Gasteiger partial charge in [-0.3, -0.25) is 4.90 Å². The van der Waals surface area contributed by atoms with Gasteiger partial charge in [0.15, 0.2) is 0 Å². The molecule has 0 aromatic heterocycles. The molecule has 1 unspecified atom stereocenters. The molecule has 0 amide bonds. The van der Waals surface area contributed by atoms with Gasteiger partial charge in [-0.1, -0.05) is 24.3 Å². The zero-order chi connectivity index (χ0) is 14.4. The predicted molar refractivity (Wildman–Crippen MR) is 79.4 cm³/mol. The molecule has 1 aliphatic heterocycles.